The first-order valence-electron chi connectivity index (χ1n) is 12.0. The Kier molecular flexibility index (Phi) is 8.09. The number of hydrogen-bond donors (Lipinski definition) is 0. The average molecular weight is 540 g/mol. The van der Waals surface area contributed by atoms with E-state index in [1.165, 1.54) is 11.8 Å². The molecule has 1 saturated heterocycles. The first kappa shape index (κ1) is 25.9. The second-order valence-electron chi connectivity index (χ2n) is 8.31. The lowest BCUT2D eigenvalue weighted by atomic mass is 10.2. The highest BCUT2D eigenvalue weighted by Gasteiger charge is 2.34. The van der Waals surface area contributed by atoms with Crippen molar-refractivity contribution in [3.05, 3.63) is 113 Å². The first-order valence-corrected chi connectivity index (χ1v) is 12.8. The summed E-state index contributed by atoms with van der Waals surface area (Å²) in [5.74, 6) is 3.07. The molecule has 0 radical (unpaired) electrons. The molecule has 1 aromatic heterocycles. The molecule has 1 aliphatic heterocycles. The number of carbonyl (C=O) groups excluding carboxylic acids is 1. The van der Waals surface area contributed by atoms with Crippen molar-refractivity contribution in [1.29, 1.82) is 0 Å². The van der Waals surface area contributed by atoms with Gasteiger partial charge in [-0.2, -0.15) is 5.10 Å². The van der Waals surface area contributed by atoms with E-state index in [0.717, 1.165) is 16.9 Å². The predicted octanol–water partition coefficient (Wildman–Crippen LogP) is 6.60. The van der Waals surface area contributed by atoms with Crippen molar-refractivity contribution in [2.75, 3.05) is 14.2 Å². The molecule has 8 nitrogen and oxygen atoms in total. The summed E-state index contributed by atoms with van der Waals surface area (Å²) in [4.78, 5) is 15.5. The Bertz CT molecular complexity index is 1530. The Hall–Kier alpha value is -4.76. The van der Waals surface area contributed by atoms with Crippen LogP contribution in [-0.4, -0.2) is 36.4 Å². The first-order chi connectivity index (χ1) is 19.1. The van der Waals surface area contributed by atoms with E-state index in [4.69, 9.17) is 18.6 Å². The van der Waals surface area contributed by atoms with Gasteiger partial charge in [0.05, 0.1) is 38.1 Å². The Morgan fingerprint density at radius 1 is 0.872 bits per heavy atom. The van der Waals surface area contributed by atoms with Gasteiger partial charge in [0.2, 0.25) is 0 Å². The van der Waals surface area contributed by atoms with Gasteiger partial charge in [0, 0.05) is 0 Å². The van der Waals surface area contributed by atoms with Gasteiger partial charge < -0.3 is 18.6 Å². The van der Waals surface area contributed by atoms with Crippen molar-refractivity contribution in [2.45, 2.75) is 6.54 Å². The molecule has 196 valence electrons. The van der Waals surface area contributed by atoms with Gasteiger partial charge in [-0.15, -0.1) is 5.10 Å². The molecule has 0 atom stereocenters. The summed E-state index contributed by atoms with van der Waals surface area (Å²) in [6.07, 6.45) is 4.99. The van der Waals surface area contributed by atoms with E-state index in [1.54, 1.807) is 49.8 Å². The van der Waals surface area contributed by atoms with Crippen LogP contribution in [0.2, 0.25) is 0 Å². The average Bonchev–Trinajstić information content (AvgIpc) is 3.58. The van der Waals surface area contributed by atoms with Gasteiger partial charge in [0.15, 0.2) is 16.7 Å². The highest BCUT2D eigenvalue weighted by molar-refractivity contribution is 8.18. The lowest BCUT2D eigenvalue weighted by molar-refractivity contribution is -0.122. The molecule has 39 heavy (non-hydrogen) atoms. The van der Waals surface area contributed by atoms with Crippen LogP contribution in [-0.2, 0) is 11.3 Å². The summed E-state index contributed by atoms with van der Waals surface area (Å²) in [6, 6.07) is 26.1. The van der Waals surface area contributed by atoms with Crippen molar-refractivity contribution in [3.8, 4) is 23.0 Å². The quantitative estimate of drug-likeness (QED) is 0.135. The molecule has 0 N–H and O–H groups in total. The van der Waals surface area contributed by atoms with Gasteiger partial charge >= 0.3 is 0 Å². The number of thioether (sulfide) groups is 1. The molecule has 0 spiro atoms. The van der Waals surface area contributed by atoms with Crippen LogP contribution in [0, 0.1) is 0 Å². The van der Waals surface area contributed by atoms with Crippen LogP contribution in [0.5, 0.6) is 23.0 Å². The Labute approximate surface area is 230 Å². The van der Waals surface area contributed by atoms with E-state index < -0.39 is 0 Å². The number of benzene rings is 3. The van der Waals surface area contributed by atoms with E-state index in [0.29, 0.717) is 33.1 Å². The summed E-state index contributed by atoms with van der Waals surface area (Å²) in [7, 11) is 3.15. The molecule has 0 bridgehead atoms. The fourth-order valence-corrected chi connectivity index (χ4v) is 4.74. The van der Waals surface area contributed by atoms with Crippen molar-refractivity contribution in [1.82, 2.24) is 4.90 Å². The maximum atomic E-state index is 13.4. The van der Waals surface area contributed by atoms with Crippen LogP contribution in [0.25, 0.3) is 6.08 Å². The molecule has 2 heterocycles. The Balaban J connectivity index is 1.39. The van der Waals surface area contributed by atoms with Gasteiger partial charge in [0.25, 0.3) is 5.91 Å². The largest absolute Gasteiger partial charge is 0.493 e. The minimum Gasteiger partial charge on any atom is -0.493 e. The van der Waals surface area contributed by atoms with E-state index in [9.17, 15) is 4.79 Å². The predicted molar refractivity (Wildman–Crippen MR) is 152 cm³/mol. The molecular weight excluding hydrogens is 514 g/mol. The van der Waals surface area contributed by atoms with Crippen molar-refractivity contribution in [3.63, 3.8) is 0 Å². The third-order valence-corrected chi connectivity index (χ3v) is 6.67. The molecule has 1 amide bonds. The van der Waals surface area contributed by atoms with Crippen LogP contribution in [0.1, 0.15) is 16.9 Å². The molecule has 1 fully saturated rings. The van der Waals surface area contributed by atoms with Gasteiger partial charge in [-0.05, 0) is 83.6 Å². The molecule has 1 aliphatic rings. The summed E-state index contributed by atoms with van der Waals surface area (Å²) in [6.45, 7) is 0.234. The number of nitrogens with zero attached hydrogens (tertiary/aromatic N) is 3. The molecule has 0 saturated carbocycles. The monoisotopic (exact) mass is 539 g/mol. The normalized spacial score (nSPS) is 15.4. The lowest BCUT2D eigenvalue weighted by Gasteiger charge is -2.12. The Morgan fingerprint density at radius 2 is 1.69 bits per heavy atom. The third kappa shape index (κ3) is 6.39. The summed E-state index contributed by atoms with van der Waals surface area (Å²) in [5.41, 5.74) is 1.60. The fraction of sp³-hybridized carbons (Fsp3) is 0.100. The number of carbonyl (C=O) groups is 1. The number of hydrogen-bond acceptors (Lipinski definition) is 8. The summed E-state index contributed by atoms with van der Waals surface area (Å²) < 4.78 is 22.1. The molecule has 3 aromatic carbocycles. The third-order valence-electron chi connectivity index (χ3n) is 5.67. The number of para-hydroxylation sites is 1. The van der Waals surface area contributed by atoms with Crippen LogP contribution in [0.15, 0.2) is 111 Å². The van der Waals surface area contributed by atoms with Crippen molar-refractivity contribution < 1.29 is 23.4 Å². The summed E-state index contributed by atoms with van der Waals surface area (Å²) in [5, 5.41) is 9.05. The van der Waals surface area contributed by atoms with Crippen LogP contribution in [0.4, 0.5) is 0 Å². The van der Waals surface area contributed by atoms with Gasteiger partial charge in [0.1, 0.15) is 17.3 Å². The lowest BCUT2D eigenvalue weighted by Crippen LogP contribution is -2.28. The molecule has 0 unspecified atom stereocenters. The summed E-state index contributed by atoms with van der Waals surface area (Å²) >= 11 is 1.25. The SMILES string of the molecule is COc1ccc(/C=N\N=C2\S/C(=C\c3cccc(Oc4ccccc4)c3)C(=O)N2Cc2ccco2)cc1OC. The molecule has 4 aromatic rings. The van der Waals surface area contributed by atoms with Gasteiger partial charge in [-0.3, -0.25) is 9.69 Å². The zero-order chi connectivity index (χ0) is 27.0. The Morgan fingerprint density at radius 3 is 2.46 bits per heavy atom. The highest BCUT2D eigenvalue weighted by atomic mass is 32.2. The standard InChI is InChI=1S/C30H25N3O5S/c1-35-26-14-13-22(17-27(26)36-2)19-31-32-30-33(20-25-12-7-15-37-25)29(34)28(39-30)18-21-8-6-11-24(16-21)38-23-9-4-3-5-10-23/h3-19H,20H2,1-2H3/b28-18-,31-19-,32-30+. The van der Waals surface area contributed by atoms with Crippen molar-refractivity contribution in [2.24, 2.45) is 10.2 Å². The minimum absolute atomic E-state index is 0.189. The number of amides is 1. The maximum absolute atomic E-state index is 13.4. The van der Waals surface area contributed by atoms with Crippen LogP contribution < -0.4 is 14.2 Å². The number of ether oxygens (including phenoxy) is 3. The fourth-order valence-electron chi connectivity index (χ4n) is 3.80. The van der Waals surface area contributed by atoms with Gasteiger partial charge in [-0.25, -0.2) is 0 Å². The molecule has 5 rings (SSSR count). The smallest absolute Gasteiger partial charge is 0.267 e. The van der Waals surface area contributed by atoms with Crippen LogP contribution in [0.3, 0.4) is 0 Å². The number of furan rings is 1. The van der Waals surface area contributed by atoms with E-state index >= 15 is 0 Å². The van der Waals surface area contributed by atoms with E-state index in [-0.39, 0.29) is 12.5 Å². The second kappa shape index (κ2) is 12.2. The highest BCUT2D eigenvalue weighted by Crippen LogP contribution is 2.34. The van der Waals surface area contributed by atoms with E-state index in [1.807, 2.05) is 72.8 Å². The molecule has 9 heteroatoms. The van der Waals surface area contributed by atoms with Gasteiger partial charge in [-0.1, -0.05) is 30.3 Å². The van der Waals surface area contributed by atoms with Crippen molar-refractivity contribution >= 4 is 35.1 Å². The molecule has 0 aliphatic carbocycles. The number of amidine groups is 1. The topological polar surface area (TPSA) is 85.9 Å². The van der Waals surface area contributed by atoms with E-state index in [2.05, 4.69) is 10.2 Å². The van der Waals surface area contributed by atoms with Crippen LogP contribution >= 0.6 is 11.8 Å². The number of methoxy groups -OCH3 is 2. The second-order valence-corrected chi connectivity index (χ2v) is 9.32. The zero-order valence-corrected chi connectivity index (χ0v) is 22.1. The minimum atomic E-state index is -0.189. The molecular formula is C30H25N3O5S. The zero-order valence-electron chi connectivity index (χ0n) is 21.3. The maximum Gasteiger partial charge on any atom is 0.267 e. The number of rotatable bonds is 9.